The van der Waals surface area contributed by atoms with Gasteiger partial charge in [-0.15, -0.1) is 0 Å². The fourth-order valence-electron chi connectivity index (χ4n) is 6.72. The average molecular weight is 557 g/mol. The first-order chi connectivity index (χ1) is 18.9. The van der Waals surface area contributed by atoms with Gasteiger partial charge in [0.1, 0.15) is 5.76 Å². The molecule has 2 aliphatic heterocycles. The van der Waals surface area contributed by atoms with Gasteiger partial charge in [-0.1, -0.05) is 6.07 Å². The number of methoxy groups -OCH3 is 1. The van der Waals surface area contributed by atoms with Crippen LogP contribution >= 0.6 is 0 Å². The standard InChI is InChI=1S/C29H36N2O9/c1-15(16(2)32)30-27(35)17(3)38-22(33)8-9-23(34)39-20-10-11-29(36)21-14-18-6-7-19(37-5)25-24(18)28(29,26(20)40-25)12-13-31(21)4/h6-7,10,15,17,21,26,36H,8-9,11-14H2,1-5H3,(H,30,35)/t15-,17-,21+,26-,28-,29+/m0/s1. The Hall–Kier alpha value is -3.44. The van der Waals surface area contributed by atoms with Crippen LogP contribution in [0.5, 0.6) is 11.5 Å². The van der Waals surface area contributed by atoms with E-state index in [1.54, 1.807) is 13.2 Å². The quantitative estimate of drug-likeness (QED) is 0.428. The summed E-state index contributed by atoms with van der Waals surface area (Å²) in [6, 6.07) is 3.06. The van der Waals surface area contributed by atoms with E-state index in [0.717, 1.165) is 17.7 Å². The van der Waals surface area contributed by atoms with Gasteiger partial charge < -0.3 is 34.3 Å². The summed E-state index contributed by atoms with van der Waals surface area (Å²) >= 11 is 0. The molecule has 216 valence electrons. The van der Waals surface area contributed by atoms with Gasteiger partial charge >= 0.3 is 11.9 Å². The summed E-state index contributed by atoms with van der Waals surface area (Å²) in [5.41, 5.74) is 0.0991. The van der Waals surface area contributed by atoms with Crippen molar-refractivity contribution in [3.8, 4) is 11.5 Å². The first-order valence-corrected chi connectivity index (χ1v) is 13.6. The molecule has 1 fully saturated rings. The Labute approximate surface area is 232 Å². The minimum absolute atomic E-state index is 0.125. The molecule has 2 heterocycles. The number of carbonyl (C=O) groups excluding carboxylic acids is 4. The van der Waals surface area contributed by atoms with Crippen LogP contribution in [-0.2, 0) is 40.5 Å². The van der Waals surface area contributed by atoms with Gasteiger partial charge in [-0.2, -0.15) is 0 Å². The number of esters is 2. The number of aliphatic hydroxyl groups is 1. The second-order valence-electron chi connectivity index (χ2n) is 11.2. The van der Waals surface area contributed by atoms with Crippen molar-refractivity contribution >= 4 is 23.6 Å². The Kier molecular flexibility index (Phi) is 7.16. The first-order valence-electron chi connectivity index (χ1n) is 13.6. The minimum Gasteiger partial charge on any atom is -0.493 e. The van der Waals surface area contributed by atoms with Crippen LogP contribution in [0.3, 0.4) is 0 Å². The van der Waals surface area contributed by atoms with Gasteiger partial charge in [-0.05, 0) is 64.9 Å². The van der Waals surface area contributed by atoms with Crippen LogP contribution in [-0.4, -0.2) is 84.2 Å². The highest BCUT2D eigenvalue weighted by Crippen LogP contribution is 2.65. The molecule has 0 saturated carbocycles. The minimum atomic E-state index is -1.12. The van der Waals surface area contributed by atoms with Crippen LogP contribution in [0.2, 0.25) is 0 Å². The molecule has 4 aliphatic rings. The summed E-state index contributed by atoms with van der Waals surface area (Å²) in [6.45, 7) is 5.02. The molecule has 2 aliphatic carbocycles. The Bertz CT molecular complexity index is 1290. The third-order valence-corrected chi connectivity index (χ3v) is 8.97. The van der Waals surface area contributed by atoms with E-state index in [0.29, 0.717) is 30.1 Å². The third-order valence-electron chi connectivity index (χ3n) is 8.97. The van der Waals surface area contributed by atoms with Gasteiger partial charge in [0.05, 0.1) is 37.0 Å². The Morgan fingerprint density at radius 3 is 2.62 bits per heavy atom. The lowest BCUT2D eigenvalue weighted by atomic mass is 9.50. The lowest BCUT2D eigenvalue weighted by molar-refractivity contribution is -0.169. The van der Waals surface area contributed by atoms with Gasteiger partial charge in [0.15, 0.2) is 29.5 Å². The maximum atomic E-state index is 12.9. The summed E-state index contributed by atoms with van der Waals surface area (Å²) in [5, 5.41) is 14.7. The van der Waals surface area contributed by atoms with Crippen molar-refractivity contribution in [1.82, 2.24) is 10.2 Å². The third kappa shape index (κ3) is 4.26. The number of carbonyl (C=O) groups is 4. The van der Waals surface area contributed by atoms with Crippen LogP contribution < -0.4 is 14.8 Å². The Morgan fingerprint density at radius 1 is 1.20 bits per heavy atom. The number of hydrogen-bond donors (Lipinski definition) is 2. The van der Waals surface area contributed by atoms with E-state index < -0.39 is 47.1 Å². The number of nitrogens with one attached hydrogen (secondary N) is 1. The van der Waals surface area contributed by atoms with E-state index in [1.807, 2.05) is 19.2 Å². The smallest absolute Gasteiger partial charge is 0.311 e. The molecule has 1 amide bonds. The van der Waals surface area contributed by atoms with Gasteiger partial charge in [0.25, 0.3) is 5.91 Å². The normalized spacial score (nSPS) is 29.2. The number of likely N-dealkylation sites (tertiary alicyclic amines) is 1. The molecule has 1 spiro atoms. The molecule has 5 rings (SSSR count). The number of benzene rings is 1. The molecule has 1 saturated heterocycles. The van der Waals surface area contributed by atoms with Crippen LogP contribution in [0.1, 0.15) is 57.6 Å². The molecule has 6 atom stereocenters. The maximum Gasteiger partial charge on any atom is 0.311 e. The monoisotopic (exact) mass is 556 g/mol. The molecule has 1 aromatic carbocycles. The second kappa shape index (κ2) is 10.2. The number of hydrogen-bond acceptors (Lipinski definition) is 10. The summed E-state index contributed by atoms with van der Waals surface area (Å²) in [7, 11) is 3.58. The summed E-state index contributed by atoms with van der Waals surface area (Å²) < 4.78 is 22.9. The zero-order valence-electron chi connectivity index (χ0n) is 23.4. The molecule has 11 heteroatoms. The molecular weight excluding hydrogens is 520 g/mol. The fourth-order valence-corrected chi connectivity index (χ4v) is 6.72. The number of ether oxygens (including phenoxy) is 4. The summed E-state index contributed by atoms with van der Waals surface area (Å²) in [4.78, 5) is 50.9. The lowest BCUT2D eigenvalue weighted by Crippen LogP contribution is -2.74. The number of likely N-dealkylation sites (N-methyl/N-ethyl adjacent to an activating group) is 1. The van der Waals surface area contributed by atoms with Gasteiger partial charge in [-0.3, -0.25) is 19.2 Å². The number of piperidine rings is 1. The number of nitrogens with zero attached hydrogens (tertiary/aromatic N) is 1. The predicted octanol–water partition coefficient (Wildman–Crippen LogP) is 1.32. The molecule has 0 aromatic heterocycles. The van der Waals surface area contributed by atoms with E-state index in [9.17, 15) is 24.3 Å². The van der Waals surface area contributed by atoms with Crippen LogP contribution in [0.4, 0.5) is 0 Å². The largest absolute Gasteiger partial charge is 0.493 e. The topological polar surface area (TPSA) is 141 Å². The average Bonchev–Trinajstić information content (AvgIpc) is 3.26. The van der Waals surface area contributed by atoms with Crippen LogP contribution in [0.15, 0.2) is 24.0 Å². The zero-order chi connectivity index (χ0) is 29.0. The van der Waals surface area contributed by atoms with Crippen molar-refractivity contribution in [2.45, 2.75) is 88.2 Å². The fraction of sp³-hybridized carbons (Fsp3) is 0.586. The van der Waals surface area contributed by atoms with E-state index in [4.69, 9.17) is 18.9 Å². The van der Waals surface area contributed by atoms with Crippen molar-refractivity contribution in [2.75, 3.05) is 20.7 Å². The number of ketones is 1. The first kappa shape index (κ1) is 28.1. The molecule has 0 radical (unpaired) electrons. The molecule has 1 aromatic rings. The van der Waals surface area contributed by atoms with Crippen molar-refractivity contribution in [3.63, 3.8) is 0 Å². The highest BCUT2D eigenvalue weighted by molar-refractivity contribution is 5.90. The van der Waals surface area contributed by atoms with Crippen molar-refractivity contribution in [1.29, 1.82) is 0 Å². The van der Waals surface area contributed by atoms with Crippen molar-refractivity contribution < 1.29 is 43.2 Å². The number of Topliss-reactive ketones (excluding diaryl/α,β-unsaturated/α-hetero) is 1. The van der Waals surface area contributed by atoms with Crippen LogP contribution in [0.25, 0.3) is 0 Å². The van der Waals surface area contributed by atoms with Crippen molar-refractivity contribution in [3.05, 3.63) is 35.1 Å². The Morgan fingerprint density at radius 2 is 1.93 bits per heavy atom. The van der Waals surface area contributed by atoms with Gasteiger partial charge in [0, 0.05) is 18.0 Å². The van der Waals surface area contributed by atoms with Crippen molar-refractivity contribution in [2.24, 2.45) is 0 Å². The SMILES string of the molecule is COc1ccc2c3c1O[C@H]1C(OC(=O)CCC(=O)O[C@@H](C)C(=O)N[C@@H](C)C(C)=O)=CC[C@@]4(O)[C@@H](C2)N(C)CC[C@]314. The number of rotatable bonds is 9. The summed E-state index contributed by atoms with van der Waals surface area (Å²) in [6.07, 6.45) is 0.870. The molecular formula is C29H36N2O9. The van der Waals surface area contributed by atoms with Gasteiger partial charge in [-0.25, -0.2) is 0 Å². The van der Waals surface area contributed by atoms with E-state index >= 15 is 0 Å². The van der Waals surface area contributed by atoms with E-state index in [1.165, 1.54) is 20.8 Å². The number of amides is 1. The zero-order valence-corrected chi connectivity index (χ0v) is 23.4. The second-order valence-corrected chi connectivity index (χ2v) is 11.2. The summed E-state index contributed by atoms with van der Waals surface area (Å²) in [5.74, 6) is -0.781. The molecule has 11 nitrogen and oxygen atoms in total. The van der Waals surface area contributed by atoms with Crippen LogP contribution in [0, 0.1) is 0 Å². The predicted molar refractivity (Wildman–Crippen MR) is 141 cm³/mol. The Balaban J connectivity index is 1.29. The molecule has 2 N–H and O–H groups in total. The highest BCUT2D eigenvalue weighted by atomic mass is 16.6. The van der Waals surface area contributed by atoms with E-state index in [2.05, 4.69) is 10.2 Å². The van der Waals surface area contributed by atoms with E-state index in [-0.39, 0.29) is 31.1 Å². The molecule has 0 unspecified atom stereocenters. The lowest BCUT2D eigenvalue weighted by Gasteiger charge is -2.61. The molecule has 40 heavy (non-hydrogen) atoms. The highest BCUT2D eigenvalue weighted by Gasteiger charge is 2.72. The molecule has 2 bridgehead atoms. The van der Waals surface area contributed by atoms with Gasteiger partial charge in [0.2, 0.25) is 0 Å². The maximum absolute atomic E-state index is 12.9.